The van der Waals surface area contributed by atoms with E-state index in [0.29, 0.717) is 25.5 Å². The number of ether oxygens (including phenoxy) is 1. The third kappa shape index (κ3) is 4.94. The van der Waals surface area contributed by atoms with E-state index in [1.54, 1.807) is 11.0 Å². The van der Waals surface area contributed by atoms with Crippen LogP contribution in [0, 0.1) is 0 Å². The van der Waals surface area contributed by atoms with Gasteiger partial charge in [0, 0.05) is 39.2 Å². The summed E-state index contributed by atoms with van der Waals surface area (Å²) >= 11 is 0. The third-order valence-electron chi connectivity index (χ3n) is 5.60. The predicted octanol–water partition coefficient (Wildman–Crippen LogP) is 1.26. The van der Waals surface area contributed by atoms with E-state index in [1.807, 2.05) is 0 Å². The van der Waals surface area contributed by atoms with Gasteiger partial charge in [-0.05, 0) is 24.0 Å². The number of rotatable bonds is 7. The molecule has 158 valence electrons. The molecule has 0 spiro atoms. The Morgan fingerprint density at radius 3 is 2.80 bits per heavy atom. The van der Waals surface area contributed by atoms with E-state index in [0.717, 1.165) is 32.5 Å². The molecular weight excluding hydrogens is 382 g/mol. The molecule has 30 heavy (non-hydrogen) atoms. The Morgan fingerprint density at radius 2 is 2.00 bits per heavy atom. The first-order valence-electron chi connectivity index (χ1n) is 10.4. The van der Waals surface area contributed by atoms with Gasteiger partial charge in [0.15, 0.2) is 0 Å². The molecule has 8 heteroatoms. The molecule has 8 nitrogen and oxygen atoms in total. The first-order chi connectivity index (χ1) is 14.6. The summed E-state index contributed by atoms with van der Waals surface area (Å²) in [6.07, 6.45) is 3.20. The fraction of sp³-hybridized carbons (Fsp3) is 0.455. The molecule has 3 heterocycles. The topological polar surface area (TPSA) is 87.7 Å². The van der Waals surface area contributed by atoms with Crippen molar-refractivity contribution in [3.63, 3.8) is 0 Å². The lowest BCUT2D eigenvalue weighted by atomic mass is 10.00. The quantitative estimate of drug-likeness (QED) is 0.693. The van der Waals surface area contributed by atoms with Crippen LogP contribution >= 0.6 is 0 Å². The molecule has 0 unspecified atom stereocenters. The van der Waals surface area contributed by atoms with Gasteiger partial charge in [0.25, 0.3) is 5.91 Å². The van der Waals surface area contributed by atoms with E-state index in [2.05, 4.69) is 44.5 Å². The van der Waals surface area contributed by atoms with Gasteiger partial charge in [-0.15, -0.1) is 0 Å². The third-order valence-corrected chi connectivity index (χ3v) is 5.60. The summed E-state index contributed by atoms with van der Waals surface area (Å²) in [4.78, 5) is 35.9. The Labute approximate surface area is 176 Å². The number of likely N-dealkylation sites (tertiary alicyclic amines) is 1. The maximum absolute atomic E-state index is 12.4. The van der Waals surface area contributed by atoms with Crippen molar-refractivity contribution in [3.8, 4) is 5.88 Å². The molecule has 2 amide bonds. The van der Waals surface area contributed by atoms with Crippen molar-refractivity contribution in [2.75, 3.05) is 32.7 Å². The van der Waals surface area contributed by atoms with Crippen molar-refractivity contribution in [2.45, 2.75) is 32.4 Å². The van der Waals surface area contributed by atoms with Crippen LogP contribution in [0.2, 0.25) is 0 Å². The molecule has 1 fully saturated rings. The minimum atomic E-state index is -0.231. The zero-order chi connectivity index (χ0) is 20.9. The van der Waals surface area contributed by atoms with Crippen LogP contribution in [0.5, 0.6) is 5.88 Å². The molecule has 1 aromatic heterocycles. The number of fused-ring (bicyclic) bond motifs is 1. The van der Waals surface area contributed by atoms with Crippen LogP contribution in [0.15, 0.2) is 36.7 Å². The number of benzene rings is 1. The summed E-state index contributed by atoms with van der Waals surface area (Å²) < 4.78 is 5.72. The summed E-state index contributed by atoms with van der Waals surface area (Å²) in [6, 6.07) is 10.1. The number of carbonyl (C=O) groups excluding carboxylic acids is 2. The molecule has 0 atom stereocenters. The lowest BCUT2D eigenvalue weighted by Gasteiger charge is -2.37. The Morgan fingerprint density at radius 1 is 1.20 bits per heavy atom. The van der Waals surface area contributed by atoms with Crippen LogP contribution in [-0.2, 0) is 17.8 Å². The van der Waals surface area contributed by atoms with Gasteiger partial charge in [-0.3, -0.25) is 14.5 Å². The standard InChI is InChI=1S/C22H27N5O3/c1-16(28)27-13-19(14-27)30-21-11-20(24-15-25-21)22(29)23-8-4-9-26-10-7-17-5-2-3-6-18(17)12-26/h2-3,5-6,11,15,19H,4,7-10,12-14H2,1H3,(H,23,29). The fourth-order valence-corrected chi connectivity index (χ4v) is 3.81. The van der Waals surface area contributed by atoms with Gasteiger partial charge in [-0.1, -0.05) is 24.3 Å². The number of hydrogen-bond acceptors (Lipinski definition) is 6. The van der Waals surface area contributed by atoms with Crippen LogP contribution < -0.4 is 10.1 Å². The minimum Gasteiger partial charge on any atom is -0.470 e. The van der Waals surface area contributed by atoms with E-state index >= 15 is 0 Å². The molecule has 0 aliphatic carbocycles. The SMILES string of the molecule is CC(=O)N1CC(Oc2cc(C(=O)NCCCN3CCc4ccccc4C3)ncn2)C1. The lowest BCUT2D eigenvalue weighted by molar-refractivity contribution is -0.137. The average molecular weight is 409 g/mol. The van der Waals surface area contributed by atoms with Crippen molar-refractivity contribution in [2.24, 2.45) is 0 Å². The molecule has 2 aliphatic heterocycles. The monoisotopic (exact) mass is 409 g/mol. The Balaban J connectivity index is 1.19. The van der Waals surface area contributed by atoms with Crippen molar-refractivity contribution < 1.29 is 14.3 Å². The normalized spacial score (nSPS) is 16.5. The highest BCUT2D eigenvalue weighted by molar-refractivity contribution is 5.92. The second-order valence-electron chi connectivity index (χ2n) is 7.81. The molecule has 4 rings (SSSR count). The van der Waals surface area contributed by atoms with Gasteiger partial charge >= 0.3 is 0 Å². The van der Waals surface area contributed by atoms with Crippen LogP contribution in [0.25, 0.3) is 0 Å². The van der Waals surface area contributed by atoms with E-state index in [-0.39, 0.29) is 23.6 Å². The van der Waals surface area contributed by atoms with E-state index in [9.17, 15) is 9.59 Å². The molecule has 0 saturated carbocycles. The number of hydrogen-bond donors (Lipinski definition) is 1. The summed E-state index contributed by atoms with van der Waals surface area (Å²) in [6.45, 7) is 6.18. The van der Waals surface area contributed by atoms with Crippen molar-refractivity contribution in [1.82, 2.24) is 25.1 Å². The van der Waals surface area contributed by atoms with Gasteiger partial charge in [0.1, 0.15) is 18.1 Å². The first kappa shape index (κ1) is 20.3. The van der Waals surface area contributed by atoms with Gasteiger partial charge in [0.05, 0.1) is 13.1 Å². The summed E-state index contributed by atoms with van der Waals surface area (Å²) in [5, 5.41) is 2.92. The van der Waals surface area contributed by atoms with Crippen LogP contribution in [0.3, 0.4) is 0 Å². The molecule has 1 saturated heterocycles. The summed E-state index contributed by atoms with van der Waals surface area (Å²) in [5.41, 5.74) is 3.13. The number of amides is 2. The second-order valence-corrected chi connectivity index (χ2v) is 7.81. The molecule has 2 aliphatic rings. The average Bonchev–Trinajstić information content (AvgIpc) is 2.73. The highest BCUT2D eigenvalue weighted by Crippen LogP contribution is 2.18. The Bertz CT molecular complexity index is 913. The second kappa shape index (κ2) is 9.21. The smallest absolute Gasteiger partial charge is 0.270 e. The van der Waals surface area contributed by atoms with Gasteiger partial charge < -0.3 is 15.0 Å². The van der Waals surface area contributed by atoms with E-state index < -0.39 is 0 Å². The van der Waals surface area contributed by atoms with Gasteiger partial charge in [0.2, 0.25) is 11.8 Å². The van der Waals surface area contributed by atoms with Crippen LogP contribution in [0.1, 0.15) is 35.0 Å². The Hall–Kier alpha value is -3.00. The number of nitrogens with one attached hydrogen (secondary N) is 1. The zero-order valence-electron chi connectivity index (χ0n) is 17.2. The number of aromatic nitrogens is 2. The molecule has 1 N–H and O–H groups in total. The van der Waals surface area contributed by atoms with Gasteiger partial charge in [-0.25, -0.2) is 9.97 Å². The van der Waals surface area contributed by atoms with Gasteiger partial charge in [-0.2, -0.15) is 0 Å². The molecular formula is C22H27N5O3. The zero-order valence-corrected chi connectivity index (χ0v) is 17.2. The Kier molecular flexibility index (Phi) is 6.23. The summed E-state index contributed by atoms with van der Waals surface area (Å²) in [7, 11) is 0. The molecule has 0 radical (unpaired) electrons. The van der Waals surface area contributed by atoms with E-state index in [4.69, 9.17) is 4.74 Å². The van der Waals surface area contributed by atoms with Crippen molar-refractivity contribution in [1.29, 1.82) is 0 Å². The first-order valence-corrected chi connectivity index (χ1v) is 10.4. The fourth-order valence-electron chi connectivity index (χ4n) is 3.81. The lowest BCUT2D eigenvalue weighted by Crippen LogP contribution is -2.55. The maximum atomic E-state index is 12.4. The van der Waals surface area contributed by atoms with Crippen LogP contribution in [0.4, 0.5) is 0 Å². The molecule has 2 aromatic rings. The number of carbonyl (C=O) groups is 2. The van der Waals surface area contributed by atoms with Crippen LogP contribution in [-0.4, -0.2) is 70.4 Å². The maximum Gasteiger partial charge on any atom is 0.270 e. The minimum absolute atomic E-state index is 0.0337. The van der Waals surface area contributed by atoms with Crippen molar-refractivity contribution >= 4 is 11.8 Å². The van der Waals surface area contributed by atoms with E-state index in [1.165, 1.54) is 24.4 Å². The molecule has 0 bridgehead atoms. The highest BCUT2D eigenvalue weighted by atomic mass is 16.5. The largest absolute Gasteiger partial charge is 0.470 e. The van der Waals surface area contributed by atoms with Crippen molar-refractivity contribution in [3.05, 3.63) is 53.5 Å². The number of nitrogens with zero attached hydrogens (tertiary/aromatic N) is 4. The summed E-state index contributed by atoms with van der Waals surface area (Å²) in [5.74, 6) is 0.159. The predicted molar refractivity (Wildman–Crippen MR) is 111 cm³/mol. The molecule has 1 aromatic carbocycles. The highest BCUT2D eigenvalue weighted by Gasteiger charge is 2.30.